The molecule has 12 heteroatoms. The van der Waals surface area contributed by atoms with Crippen LogP contribution < -0.4 is 15.6 Å². The van der Waals surface area contributed by atoms with Crippen LogP contribution in [0.1, 0.15) is 45.0 Å². The van der Waals surface area contributed by atoms with Crippen LogP contribution >= 0.6 is 0 Å². The number of carbonyl (C=O) groups excluding carboxylic acids is 3. The number of hydrogen-bond acceptors (Lipinski definition) is 7. The molecule has 3 amide bonds. The lowest BCUT2D eigenvalue weighted by molar-refractivity contribution is -0.125. The summed E-state index contributed by atoms with van der Waals surface area (Å²) in [5.41, 5.74) is 2.27. The van der Waals surface area contributed by atoms with Crippen LogP contribution in [0.25, 0.3) is 11.0 Å². The predicted molar refractivity (Wildman–Crippen MR) is 165 cm³/mol. The number of methoxy groups -OCH3 is 1. The Kier molecular flexibility index (Phi) is 10.7. The van der Waals surface area contributed by atoms with Gasteiger partial charge in [-0.3, -0.25) is 14.4 Å². The molecule has 0 spiro atoms. The number of rotatable bonds is 11. The van der Waals surface area contributed by atoms with Crippen molar-refractivity contribution in [3.05, 3.63) is 64.4 Å². The maximum Gasteiger partial charge on any atom is 0.410 e. The first-order valence-electron chi connectivity index (χ1n) is 14.0. The third kappa shape index (κ3) is 9.19. The van der Waals surface area contributed by atoms with Crippen molar-refractivity contribution in [2.24, 2.45) is 5.41 Å². The highest BCUT2D eigenvalue weighted by Gasteiger charge is 2.25. The Morgan fingerprint density at radius 2 is 1.86 bits per heavy atom. The summed E-state index contributed by atoms with van der Waals surface area (Å²) in [6.45, 7) is 6.60. The first-order valence-corrected chi connectivity index (χ1v) is 14.0. The van der Waals surface area contributed by atoms with Gasteiger partial charge in [0.05, 0.1) is 24.7 Å². The molecule has 2 N–H and O–H groups in total. The average molecular weight is 595 g/mol. The van der Waals surface area contributed by atoms with E-state index >= 15 is 0 Å². The fourth-order valence-corrected chi connectivity index (χ4v) is 4.29. The van der Waals surface area contributed by atoms with Crippen LogP contribution in [0.5, 0.6) is 5.75 Å². The summed E-state index contributed by atoms with van der Waals surface area (Å²) in [5, 5.41) is 2.61. The molecule has 1 atom stereocenters. The minimum absolute atomic E-state index is 0.0283. The summed E-state index contributed by atoms with van der Waals surface area (Å²) in [7, 11) is 7.88. The maximum atomic E-state index is 13.3. The van der Waals surface area contributed by atoms with Crippen molar-refractivity contribution in [2.45, 2.75) is 52.7 Å². The summed E-state index contributed by atoms with van der Waals surface area (Å²) >= 11 is 0. The number of nitrogens with zero attached hydrogens (tertiary/aromatic N) is 4. The second-order valence-corrected chi connectivity index (χ2v) is 11.9. The molecule has 0 aliphatic carbocycles. The molecule has 2 heterocycles. The topological polar surface area (TPSA) is 139 Å². The molecular weight excluding hydrogens is 552 g/mol. The third-order valence-electron chi connectivity index (χ3n) is 6.44. The van der Waals surface area contributed by atoms with E-state index in [1.807, 2.05) is 12.1 Å². The van der Waals surface area contributed by atoms with E-state index in [1.54, 1.807) is 39.5 Å². The van der Waals surface area contributed by atoms with Crippen LogP contribution in [0.2, 0.25) is 0 Å². The number of aromatic amines is 1. The van der Waals surface area contributed by atoms with E-state index in [4.69, 9.17) is 14.5 Å². The van der Waals surface area contributed by atoms with Gasteiger partial charge >= 0.3 is 6.09 Å². The second kappa shape index (κ2) is 14.0. The summed E-state index contributed by atoms with van der Waals surface area (Å²) in [4.78, 5) is 61.3. The molecule has 0 fully saturated rings. The molecule has 0 saturated heterocycles. The number of aromatic nitrogens is 3. The monoisotopic (exact) mass is 594 g/mol. The van der Waals surface area contributed by atoms with Crippen LogP contribution in [-0.4, -0.2) is 83.6 Å². The van der Waals surface area contributed by atoms with Gasteiger partial charge in [0.25, 0.3) is 11.5 Å². The Morgan fingerprint density at radius 1 is 1.14 bits per heavy atom. The van der Waals surface area contributed by atoms with E-state index < -0.39 is 23.7 Å². The molecule has 1 aromatic carbocycles. The Morgan fingerprint density at radius 3 is 2.49 bits per heavy atom. The number of fused-ring (bicyclic) bond motifs is 1. The summed E-state index contributed by atoms with van der Waals surface area (Å²) in [5.74, 6) is 0.430. The molecule has 3 rings (SSSR count). The van der Waals surface area contributed by atoms with E-state index in [0.29, 0.717) is 18.0 Å². The molecule has 232 valence electrons. The average Bonchev–Trinajstić information content (AvgIpc) is 3.34. The van der Waals surface area contributed by atoms with Gasteiger partial charge in [-0.25, -0.2) is 9.78 Å². The summed E-state index contributed by atoms with van der Waals surface area (Å²) in [6, 6.07) is 6.99. The summed E-state index contributed by atoms with van der Waals surface area (Å²) in [6.07, 6.45) is 3.91. The molecular formula is C31H42N6O6. The molecule has 12 nitrogen and oxygen atoms in total. The van der Waals surface area contributed by atoms with Gasteiger partial charge in [-0.2, -0.15) is 0 Å². The molecule has 0 radical (unpaired) electrons. The van der Waals surface area contributed by atoms with Crippen molar-refractivity contribution in [3.8, 4) is 5.75 Å². The minimum atomic E-state index is -1.19. The quantitative estimate of drug-likeness (QED) is 0.322. The van der Waals surface area contributed by atoms with E-state index in [2.05, 4.69) is 31.1 Å². The lowest BCUT2D eigenvalue weighted by atomic mass is 9.87. The number of hydrogen-bond donors (Lipinski definition) is 2. The fraction of sp³-hybridized carbons (Fsp3) is 0.452. The summed E-state index contributed by atoms with van der Waals surface area (Å²) < 4.78 is 12.3. The van der Waals surface area contributed by atoms with Crippen LogP contribution in [0, 0.1) is 5.41 Å². The lowest BCUT2D eigenvalue weighted by Crippen LogP contribution is -2.37. The molecule has 0 aliphatic rings. The number of benzene rings is 1. The van der Waals surface area contributed by atoms with E-state index in [9.17, 15) is 19.2 Å². The van der Waals surface area contributed by atoms with E-state index in [0.717, 1.165) is 23.0 Å². The number of imidazole rings is 1. The van der Waals surface area contributed by atoms with Crippen molar-refractivity contribution >= 4 is 34.6 Å². The SMILES string of the molecule is COc1cc(CC(C)(C)C)c2nc(Cn3cccc(NC(=O)C(CC/C=C/C(=O)N(C)C)OC(=O)N(C)C)c3=O)[nH]c2c1. The molecule has 0 bridgehead atoms. The fourth-order valence-electron chi connectivity index (χ4n) is 4.29. The Bertz CT molecular complexity index is 1550. The van der Waals surface area contributed by atoms with Gasteiger partial charge in [-0.05, 0) is 54.5 Å². The molecule has 0 aliphatic heterocycles. The van der Waals surface area contributed by atoms with Gasteiger partial charge in [0.2, 0.25) is 5.91 Å². The highest BCUT2D eigenvalue weighted by atomic mass is 16.6. The Labute approximate surface area is 251 Å². The van der Waals surface area contributed by atoms with Gasteiger partial charge < -0.3 is 34.1 Å². The number of H-pyrrole nitrogens is 1. The third-order valence-corrected chi connectivity index (χ3v) is 6.44. The number of nitrogens with one attached hydrogen (secondary N) is 2. The molecule has 1 unspecified atom stereocenters. The predicted octanol–water partition coefficient (Wildman–Crippen LogP) is 3.80. The van der Waals surface area contributed by atoms with Gasteiger partial charge in [-0.15, -0.1) is 0 Å². The van der Waals surface area contributed by atoms with Crippen molar-refractivity contribution < 1.29 is 23.9 Å². The zero-order chi connectivity index (χ0) is 31.9. The van der Waals surface area contributed by atoms with Gasteiger partial charge in [0.15, 0.2) is 6.10 Å². The van der Waals surface area contributed by atoms with Crippen LogP contribution in [0.15, 0.2) is 47.4 Å². The number of pyridine rings is 1. The van der Waals surface area contributed by atoms with Crippen molar-refractivity contribution in [1.29, 1.82) is 0 Å². The molecule has 2 aromatic heterocycles. The lowest BCUT2D eigenvalue weighted by Gasteiger charge is -2.19. The Balaban J connectivity index is 1.82. The first kappa shape index (κ1) is 32.9. The second-order valence-electron chi connectivity index (χ2n) is 11.9. The Hall–Kier alpha value is -4.61. The van der Waals surface area contributed by atoms with Gasteiger partial charge in [-0.1, -0.05) is 26.8 Å². The largest absolute Gasteiger partial charge is 0.497 e. The maximum absolute atomic E-state index is 13.3. The van der Waals surface area contributed by atoms with Gasteiger partial charge in [0.1, 0.15) is 17.3 Å². The molecule has 43 heavy (non-hydrogen) atoms. The van der Waals surface area contributed by atoms with Gasteiger partial charge in [0, 0.05) is 40.5 Å². The number of likely N-dealkylation sites (N-methyl/N-ethyl adjacent to an activating group) is 1. The van der Waals surface area contributed by atoms with Crippen LogP contribution in [0.3, 0.4) is 0 Å². The zero-order valence-electron chi connectivity index (χ0n) is 26.2. The standard InChI is InChI=1S/C31H42N6O6/c1-31(2,3)18-20-16-21(42-8)17-23-27(20)34-25(32-23)19-37-15-11-12-22(29(37)40)33-28(39)24(43-30(41)36(6)7)13-9-10-14-26(38)35(4)5/h10-12,14-17,24H,9,13,18-19H2,1-8H3,(H,32,34)(H,33,39)/b14-10+. The van der Waals surface area contributed by atoms with Crippen molar-refractivity contribution in [3.63, 3.8) is 0 Å². The highest BCUT2D eigenvalue weighted by molar-refractivity contribution is 5.95. The number of ether oxygens (including phenoxy) is 2. The molecule has 3 aromatic rings. The van der Waals surface area contributed by atoms with E-state index in [-0.39, 0.29) is 30.0 Å². The number of allylic oxidation sites excluding steroid dienone is 1. The smallest absolute Gasteiger partial charge is 0.410 e. The first-order chi connectivity index (χ1) is 20.2. The minimum Gasteiger partial charge on any atom is -0.497 e. The number of anilines is 1. The number of amides is 3. The number of carbonyl (C=O) groups is 3. The zero-order valence-corrected chi connectivity index (χ0v) is 26.2. The van der Waals surface area contributed by atoms with Crippen molar-refractivity contribution in [2.75, 3.05) is 40.6 Å². The van der Waals surface area contributed by atoms with E-state index in [1.165, 1.54) is 40.6 Å². The highest BCUT2D eigenvalue weighted by Crippen LogP contribution is 2.29. The van der Waals surface area contributed by atoms with Crippen LogP contribution in [0.4, 0.5) is 10.5 Å². The molecule has 0 saturated carbocycles. The van der Waals surface area contributed by atoms with Crippen LogP contribution in [-0.2, 0) is 27.3 Å². The normalized spacial score (nSPS) is 12.3. The van der Waals surface area contributed by atoms with Crippen molar-refractivity contribution in [1.82, 2.24) is 24.3 Å².